The van der Waals surface area contributed by atoms with E-state index < -0.39 is 0 Å². The molecule has 2 heterocycles. The molecule has 4 rings (SSSR count). The van der Waals surface area contributed by atoms with Crippen molar-refractivity contribution in [1.29, 1.82) is 0 Å². The lowest BCUT2D eigenvalue weighted by molar-refractivity contribution is 0.0989. The summed E-state index contributed by atoms with van der Waals surface area (Å²) in [6, 6.07) is 13.3. The monoisotopic (exact) mass is 346 g/mol. The predicted octanol–water partition coefficient (Wildman–Crippen LogP) is 3.87. The van der Waals surface area contributed by atoms with Gasteiger partial charge in [-0.2, -0.15) is 4.40 Å². The molecule has 2 aromatic carbocycles. The molecule has 0 radical (unpaired) electrons. The Hall–Kier alpha value is -1.79. The maximum Gasteiger partial charge on any atom is 0.316 e. The Balaban J connectivity index is 1.91. The first-order valence-corrected chi connectivity index (χ1v) is 7.46. The minimum Gasteiger partial charge on any atom is -0.424 e. The molecule has 1 amide bonds. The van der Waals surface area contributed by atoms with E-state index in [2.05, 4.69) is 20.3 Å². The van der Waals surface area contributed by atoms with E-state index in [9.17, 15) is 4.79 Å². The van der Waals surface area contributed by atoms with Gasteiger partial charge >= 0.3 is 6.02 Å². The van der Waals surface area contributed by atoms with Crippen molar-refractivity contribution >= 4 is 45.5 Å². The van der Waals surface area contributed by atoms with Crippen molar-refractivity contribution in [1.82, 2.24) is 0 Å². The summed E-state index contributed by atoms with van der Waals surface area (Å²) in [7, 11) is 0. The lowest BCUT2D eigenvalue weighted by atomic mass is 10.1. The van der Waals surface area contributed by atoms with E-state index in [1.165, 1.54) is 16.8 Å². The first-order chi connectivity index (χ1) is 9.74. The number of amidine groups is 1. The molecular formula is C14H7BrN2O2S. The zero-order valence-corrected chi connectivity index (χ0v) is 12.4. The molecule has 0 N–H and O–H groups in total. The molecule has 20 heavy (non-hydrogen) atoms. The quantitative estimate of drug-likeness (QED) is 0.680. The zero-order chi connectivity index (χ0) is 13.7. The van der Waals surface area contributed by atoms with Gasteiger partial charge in [-0.3, -0.25) is 4.79 Å². The minimum atomic E-state index is -0.126. The fourth-order valence-corrected chi connectivity index (χ4v) is 3.24. The number of halogens is 1. The van der Waals surface area contributed by atoms with Crippen molar-refractivity contribution in [2.24, 2.45) is 4.40 Å². The number of amides is 1. The fourth-order valence-electron chi connectivity index (χ4n) is 2.19. The summed E-state index contributed by atoms with van der Waals surface area (Å²) in [5.74, 6) is 0.409. The third kappa shape index (κ3) is 1.68. The Bertz CT molecular complexity index is 776. The number of hydrogen-bond acceptors (Lipinski definition) is 4. The van der Waals surface area contributed by atoms with E-state index in [4.69, 9.17) is 4.74 Å². The molecule has 0 fully saturated rings. The van der Waals surface area contributed by atoms with Gasteiger partial charge in [-0.15, -0.1) is 0 Å². The molecule has 0 aliphatic carbocycles. The van der Waals surface area contributed by atoms with Crippen LogP contribution in [0, 0.1) is 0 Å². The molecule has 6 heteroatoms. The maximum atomic E-state index is 12.7. The van der Waals surface area contributed by atoms with Crippen molar-refractivity contribution in [3.8, 4) is 5.75 Å². The Labute approximate surface area is 127 Å². The number of anilines is 1. The number of nitrogens with zero attached hydrogens (tertiary/aromatic N) is 2. The number of fused-ring (bicyclic) bond motifs is 4. The van der Waals surface area contributed by atoms with Gasteiger partial charge in [0.05, 0.1) is 16.1 Å². The van der Waals surface area contributed by atoms with Crippen LogP contribution in [0.5, 0.6) is 5.75 Å². The van der Waals surface area contributed by atoms with E-state index >= 15 is 0 Å². The van der Waals surface area contributed by atoms with E-state index in [1.54, 1.807) is 12.1 Å². The Morgan fingerprint density at radius 2 is 2.05 bits per heavy atom. The highest BCUT2D eigenvalue weighted by molar-refractivity contribution is 9.10. The van der Waals surface area contributed by atoms with Crippen LogP contribution < -0.4 is 9.64 Å². The standard InChI is InChI=1S/C14H7BrN2O2S/c15-8-5-6-11-9(7-8)13(18)17-10-3-1-2-4-12(10)20-16-14(17)19-11/h1-7H. The van der Waals surface area contributed by atoms with Crippen LogP contribution in [0.3, 0.4) is 0 Å². The maximum absolute atomic E-state index is 12.7. The Kier molecular flexibility index (Phi) is 2.61. The summed E-state index contributed by atoms with van der Waals surface area (Å²) in [5, 5.41) is 0. The number of hydrogen-bond donors (Lipinski definition) is 0. The smallest absolute Gasteiger partial charge is 0.316 e. The summed E-state index contributed by atoms with van der Waals surface area (Å²) >= 11 is 4.69. The van der Waals surface area contributed by atoms with Crippen LogP contribution in [0.2, 0.25) is 0 Å². The van der Waals surface area contributed by atoms with Gasteiger partial charge < -0.3 is 4.74 Å². The molecule has 0 unspecified atom stereocenters. The topological polar surface area (TPSA) is 41.9 Å². The van der Waals surface area contributed by atoms with Gasteiger partial charge in [-0.1, -0.05) is 28.1 Å². The van der Waals surface area contributed by atoms with E-state index in [0.29, 0.717) is 17.3 Å². The van der Waals surface area contributed by atoms with Crippen LogP contribution in [0.4, 0.5) is 5.69 Å². The fraction of sp³-hybridized carbons (Fsp3) is 0. The van der Waals surface area contributed by atoms with Crippen molar-refractivity contribution in [3.63, 3.8) is 0 Å². The number of carbonyl (C=O) groups is 1. The first-order valence-electron chi connectivity index (χ1n) is 5.90. The molecule has 2 aromatic rings. The number of benzene rings is 2. The molecule has 0 atom stereocenters. The second-order valence-corrected chi connectivity index (χ2v) is 6.04. The molecule has 0 spiro atoms. The van der Waals surface area contributed by atoms with Crippen LogP contribution in [0.25, 0.3) is 0 Å². The third-order valence-corrected chi connectivity index (χ3v) is 4.38. The van der Waals surface area contributed by atoms with Crippen molar-refractivity contribution < 1.29 is 9.53 Å². The second-order valence-electron chi connectivity index (χ2n) is 4.32. The molecule has 0 bridgehead atoms. The molecule has 2 aliphatic rings. The average molecular weight is 347 g/mol. The van der Waals surface area contributed by atoms with Gasteiger partial charge in [0.2, 0.25) is 0 Å². The Morgan fingerprint density at radius 1 is 1.20 bits per heavy atom. The van der Waals surface area contributed by atoms with Crippen molar-refractivity contribution in [2.75, 3.05) is 4.90 Å². The summed E-state index contributed by atoms with van der Waals surface area (Å²) in [6.07, 6.45) is 0. The van der Waals surface area contributed by atoms with Gasteiger partial charge in [-0.25, -0.2) is 4.90 Å². The number of carbonyl (C=O) groups excluding carboxylic acids is 1. The highest BCUT2D eigenvalue weighted by Crippen LogP contribution is 2.40. The molecule has 2 aliphatic heterocycles. The van der Waals surface area contributed by atoms with Crippen LogP contribution in [0.1, 0.15) is 10.4 Å². The lowest BCUT2D eigenvalue weighted by Gasteiger charge is -2.32. The second kappa shape index (κ2) is 4.36. The van der Waals surface area contributed by atoms with Crippen LogP contribution in [-0.2, 0) is 0 Å². The van der Waals surface area contributed by atoms with Gasteiger partial charge in [0, 0.05) is 16.4 Å². The third-order valence-electron chi connectivity index (χ3n) is 3.10. The van der Waals surface area contributed by atoms with Crippen molar-refractivity contribution in [2.45, 2.75) is 4.90 Å². The van der Waals surface area contributed by atoms with E-state index in [0.717, 1.165) is 15.1 Å². The SMILES string of the molecule is O=C1c2cc(Br)ccc2OC2=NSc3ccccc3N12. The normalized spacial score (nSPS) is 15.8. The molecule has 0 aromatic heterocycles. The number of rotatable bonds is 0. The molecule has 0 saturated carbocycles. The highest BCUT2D eigenvalue weighted by Gasteiger charge is 2.36. The van der Waals surface area contributed by atoms with Crippen LogP contribution in [0.15, 0.2) is 56.2 Å². The molecule has 0 saturated heterocycles. The molecule has 4 nitrogen and oxygen atoms in total. The van der Waals surface area contributed by atoms with Crippen molar-refractivity contribution in [3.05, 3.63) is 52.5 Å². The molecular weight excluding hydrogens is 340 g/mol. The van der Waals surface area contributed by atoms with Gasteiger partial charge in [0.25, 0.3) is 5.91 Å². The van der Waals surface area contributed by atoms with Gasteiger partial charge in [-0.05, 0) is 30.3 Å². The molecule has 98 valence electrons. The summed E-state index contributed by atoms with van der Waals surface area (Å²) in [4.78, 5) is 15.2. The zero-order valence-electron chi connectivity index (χ0n) is 10.0. The minimum absolute atomic E-state index is 0.126. The lowest BCUT2D eigenvalue weighted by Crippen LogP contribution is -2.45. The van der Waals surface area contributed by atoms with Crippen LogP contribution in [-0.4, -0.2) is 11.9 Å². The highest BCUT2D eigenvalue weighted by atomic mass is 79.9. The van der Waals surface area contributed by atoms with Gasteiger partial charge in [0.15, 0.2) is 0 Å². The average Bonchev–Trinajstić information content (AvgIpc) is 2.48. The van der Waals surface area contributed by atoms with Crippen LogP contribution >= 0.6 is 27.9 Å². The summed E-state index contributed by atoms with van der Waals surface area (Å²) in [6.45, 7) is 0. The predicted molar refractivity (Wildman–Crippen MR) is 81.3 cm³/mol. The Morgan fingerprint density at radius 3 is 2.95 bits per heavy atom. The number of para-hydroxylation sites is 1. The van der Waals surface area contributed by atoms with E-state index in [-0.39, 0.29) is 5.91 Å². The summed E-state index contributed by atoms with van der Waals surface area (Å²) in [5.41, 5.74) is 1.33. The number of ether oxygens (including phenoxy) is 1. The summed E-state index contributed by atoms with van der Waals surface area (Å²) < 4.78 is 10.8. The van der Waals surface area contributed by atoms with E-state index in [1.807, 2.05) is 30.3 Å². The first kappa shape index (κ1) is 12.0. The largest absolute Gasteiger partial charge is 0.424 e. The van der Waals surface area contributed by atoms with Gasteiger partial charge in [0.1, 0.15) is 5.75 Å².